The van der Waals surface area contributed by atoms with E-state index in [1.807, 2.05) is 6.92 Å². The molecule has 0 aliphatic heterocycles. The molecule has 15 heavy (non-hydrogen) atoms. The molecule has 0 heterocycles. The third-order valence-corrected chi connectivity index (χ3v) is 4.55. The maximum atomic E-state index is 11.9. The lowest BCUT2D eigenvalue weighted by Crippen LogP contribution is -2.27. The van der Waals surface area contributed by atoms with Crippen molar-refractivity contribution in [2.24, 2.45) is 23.2 Å². The summed E-state index contributed by atoms with van der Waals surface area (Å²) in [6.45, 7) is 2.26. The lowest BCUT2D eigenvalue weighted by molar-refractivity contribution is -0.152. The van der Waals surface area contributed by atoms with Gasteiger partial charge in [0.15, 0.2) is 0 Å². The molecule has 0 aromatic heterocycles. The van der Waals surface area contributed by atoms with E-state index >= 15 is 0 Å². The Hall–Kier alpha value is -0.860. The highest BCUT2D eigenvalue weighted by Gasteiger charge is 2.76. The average Bonchev–Trinajstić information content (AvgIpc) is 2.68. The molecule has 3 fully saturated rings. The number of Topliss-reactive ketones (excluding diaryl/α,β-unsaturated/α-hetero) is 1. The Morgan fingerprint density at radius 1 is 1.53 bits per heavy atom. The van der Waals surface area contributed by atoms with Crippen molar-refractivity contribution in [3.8, 4) is 0 Å². The van der Waals surface area contributed by atoms with E-state index in [0.29, 0.717) is 18.3 Å². The highest BCUT2D eigenvalue weighted by Crippen LogP contribution is 2.70. The fourth-order valence-corrected chi connectivity index (χ4v) is 3.86. The van der Waals surface area contributed by atoms with Crippen LogP contribution in [0, 0.1) is 23.2 Å². The summed E-state index contributed by atoms with van der Waals surface area (Å²) in [4.78, 5) is 23.9. The summed E-state index contributed by atoms with van der Waals surface area (Å²) in [5.41, 5.74) is -0.367. The van der Waals surface area contributed by atoms with Crippen LogP contribution in [-0.4, -0.2) is 18.4 Å². The van der Waals surface area contributed by atoms with Gasteiger partial charge in [-0.05, 0) is 32.1 Å². The summed E-state index contributed by atoms with van der Waals surface area (Å²) in [6.07, 6.45) is 3.92. The van der Waals surface area contributed by atoms with Crippen LogP contribution in [0.25, 0.3) is 0 Å². The average molecular weight is 208 g/mol. The molecule has 3 heteroatoms. The minimum atomic E-state index is -0.367. The summed E-state index contributed by atoms with van der Waals surface area (Å²) < 4.78 is 5.14. The number of fused-ring (bicyclic) bond motifs is 3. The van der Waals surface area contributed by atoms with Gasteiger partial charge in [-0.2, -0.15) is 0 Å². The Morgan fingerprint density at radius 2 is 2.33 bits per heavy atom. The molecule has 3 aliphatic rings. The smallest absolute Gasteiger partial charge is 0.313 e. The van der Waals surface area contributed by atoms with Gasteiger partial charge in [0.1, 0.15) is 5.78 Å². The molecule has 0 amide bonds. The molecule has 0 saturated heterocycles. The quantitative estimate of drug-likeness (QED) is 0.647. The van der Waals surface area contributed by atoms with E-state index < -0.39 is 0 Å². The number of esters is 1. The van der Waals surface area contributed by atoms with Crippen molar-refractivity contribution in [2.75, 3.05) is 6.61 Å². The molecule has 0 bridgehead atoms. The van der Waals surface area contributed by atoms with Crippen LogP contribution in [0.1, 0.15) is 32.6 Å². The van der Waals surface area contributed by atoms with Gasteiger partial charge in [-0.25, -0.2) is 0 Å². The molecule has 3 aliphatic carbocycles. The molecule has 0 aromatic carbocycles. The second-order valence-corrected chi connectivity index (χ2v) is 5.06. The molecule has 82 valence electrons. The number of ether oxygens (including phenoxy) is 1. The van der Waals surface area contributed by atoms with Crippen molar-refractivity contribution >= 4 is 11.8 Å². The summed E-state index contributed by atoms with van der Waals surface area (Å²) >= 11 is 0. The maximum Gasteiger partial charge on any atom is 0.313 e. The topological polar surface area (TPSA) is 43.4 Å². The highest BCUT2D eigenvalue weighted by molar-refractivity contribution is 6.00. The van der Waals surface area contributed by atoms with Gasteiger partial charge in [-0.3, -0.25) is 9.59 Å². The zero-order valence-electron chi connectivity index (χ0n) is 8.99. The molecule has 4 atom stereocenters. The summed E-state index contributed by atoms with van der Waals surface area (Å²) in [5.74, 6) is 0.775. The normalized spacial score (nSPS) is 46.2. The van der Waals surface area contributed by atoms with Crippen LogP contribution in [0.4, 0.5) is 0 Å². The fourth-order valence-electron chi connectivity index (χ4n) is 3.86. The molecule has 3 rings (SSSR count). The lowest BCUT2D eigenvalue weighted by atomic mass is 9.85. The van der Waals surface area contributed by atoms with E-state index in [1.54, 1.807) is 0 Å². The van der Waals surface area contributed by atoms with Crippen LogP contribution in [-0.2, 0) is 14.3 Å². The van der Waals surface area contributed by atoms with Gasteiger partial charge in [-0.15, -0.1) is 0 Å². The minimum Gasteiger partial charge on any atom is -0.466 e. The molecule has 0 radical (unpaired) electrons. The Bertz CT molecular complexity index is 336. The van der Waals surface area contributed by atoms with Crippen molar-refractivity contribution in [3.05, 3.63) is 0 Å². The highest BCUT2D eigenvalue weighted by atomic mass is 16.5. The first kappa shape index (κ1) is 9.37. The zero-order valence-corrected chi connectivity index (χ0v) is 8.99. The first-order valence-corrected chi connectivity index (χ1v) is 5.92. The minimum absolute atomic E-state index is 0.0202. The molecule has 0 spiro atoms. The van der Waals surface area contributed by atoms with E-state index in [9.17, 15) is 9.59 Å². The monoisotopic (exact) mass is 208 g/mol. The van der Waals surface area contributed by atoms with Crippen molar-refractivity contribution in [3.63, 3.8) is 0 Å². The Labute approximate surface area is 89.2 Å². The van der Waals surface area contributed by atoms with E-state index in [1.165, 1.54) is 0 Å². The number of hydrogen-bond donors (Lipinski definition) is 0. The zero-order chi connectivity index (χ0) is 10.6. The van der Waals surface area contributed by atoms with Gasteiger partial charge in [0.05, 0.1) is 12.0 Å². The van der Waals surface area contributed by atoms with Crippen molar-refractivity contribution in [2.45, 2.75) is 32.6 Å². The Kier molecular flexibility index (Phi) is 1.77. The van der Waals surface area contributed by atoms with Gasteiger partial charge >= 0.3 is 5.97 Å². The largest absolute Gasteiger partial charge is 0.466 e. The molecule has 0 aromatic rings. The predicted octanol–water partition coefficient (Wildman–Crippen LogP) is 1.55. The third-order valence-electron chi connectivity index (χ3n) is 4.55. The van der Waals surface area contributed by atoms with E-state index in [0.717, 1.165) is 25.7 Å². The molecule has 3 nitrogen and oxygen atoms in total. The van der Waals surface area contributed by atoms with E-state index in [-0.39, 0.29) is 23.2 Å². The first-order valence-electron chi connectivity index (χ1n) is 5.92. The second-order valence-electron chi connectivity index (χ2n) is 5.06. The van der Waals surface area contributed by atoms with Crippen LogP contribution in [0.5, 0.6) is 0 Å². The summed E-state index contributed by atoms with van der Waals surface area (Å²) in [6, 6.07) is 0. The number of rotatable bonds is 2. The lowest BCUT2D eigenvalue weighted by Gasteiger charge is -2.20. The number of carbonyl (C=O) groups excluding carboxylic acids is 2. The maximum absolute atomic E-state index is 11.9. The summed E-state index contributed by atoms with van der Waals surface area (Å²) in [5, 5.41) is 0. The van der Waals surface area contributed by atoms with Crippen LogP contribution in [0.3, 0.4) is 0 Å². The van der Waals surface area contributed by atoms with Gasteiger partial charge in [0.2, 0.25) is 0 Å². The van der Waals surface area contributed by atoms with Gasteiger partial charge in [0.25, 0.3) is 0 Å². The van der Waals surface area contributed by atoms with Crippen molar-refractivity contribution in [1.29, 1.82) is 0 Å². The van der Waals surface area contributed by atoms with E-state index in [4.69, 9.17) is 4.74 Å². The number of hydrogen-bond acceptors (Lipinski definition) is 3. The number of carbonyl (C=O) groups is 2. The van der Waals surface area contributed by atoms with Crippen LogP contribution >= 0.6 is 0 Å². The summed E-state index contributed by atoms with van der Waals surface area (Å²) in [7, 11) is 0. The fraction of sp³-hybridized carbons (Fsp3) is 0.833. The molecule has 0 unspecified atom stereocenters. The number of ketones is 1. The SMILES string of the molecule is CCOC(=O)[C@]12C[C@H]1C(=O)[C@H]1CCC[C@H]12. The molecular weight excluding hydrogens is 192 g/mol. The molecular formula is C12H16O3. The van der Waals surface area contributed by atoms with Crippen LogP contribution in [0.15, 0.2) is 0 Å². The van der Waals surface area contributed by atoms with Crippen molar-refractivity contribution in [1.82, 2.24) is 0 Å². The van der Waals surface area contributed by atoms with Crippen LogP contribution in [0.2, 0.25) is 0 Å². The first-order chi connectivity index (χ1) is 7.21. The molecule has 3 saturated carbocycles. The Balaban J connectivity index is 1.89. The molecule has 0 N–H and O–H groups in total. The third kappa shape index (κ3) is 0.963. The van der Waals surface area contributed by atoms with Crippen LogP contribution < -0.4 is 0 Å². The van der Waals surface area contributed by atoms with Gasteiger partial charge < -0.3 is 4.74 Å². The van der Waals surface area contributed by atoms with Gasteiger partial charge in [0, 0.05) is 11.8 Å². The van der Waals surface area contributed by atoms with Gasteiger partial charge in [-0.1, -0.05) is 6.42 Å². The standard InChI is InChI=1S/C12H16O3/c1-2-15-11(14)12-6-9(12)10(13)7-4-3-5-8(7)12/h7-9H,2-6H2,1H3/t7-,8+,9-,12-/m0/s1. The predicted molar refractivity (Wildman–Crippen MR) is 53.0 cm³/mol. The second kappa shape index (κ2) is 2.83. The van der Waals surface area contributed by atoms with Crippen molar-refractivity contribution < 1.29 is 14.3 Å². The Morgan fingerprint density at radius 3 is 3.07 bits per heavy atom. The van der Waals surface area contributed by atoms with E-state index in [2.05, 4.69) is 0 Å².